The van der Waals surface area contributed by atoms with Gasteiger partial charge in [-0.1, -0.05) is 20.3 Å². The molecule has 18 heavy (non-hydrogen) atoms. The second kappa shape index (κ2) is 4.61. The zero-order chi connectivity index (χ0) is 12.8. The Bertz CT molecular complexity index is 414. The minimum atomic E-state index is 0.0882. The molecule has 1 heterocycles. The van der Waals surface area contributed by atoms with Gasteiger partial charge in [-0.3, -0.25) is 0 Å². The molecule has 0 bridgehead atoms. The van der Waals surface area contributed by atoms with Gasteiger partial charge in [0.1, 0.15) is 5.01 Å². The van der Waals surface area contributed by atoms with Crippen LogP contribution in [0.25, 0.3) is 0 Å². The summed E-state index contributed by atoms with van der Waals surface area (Å²) < 4.78 is 0. The van der Waals surface area contributed by atoms with Gasteiger partial charge in [-0.15, -0.1) is 11.3 Å². The zero-order valence-electron chi connectivity index (χ0n) is 11.8. The lowest BCUT2D eigenvalue weighted by Gasteiger charge is -2.35. The summed E-state index contributed by atoms with van der Waals surface area (Å²) in [5, 5.41) is 5.21. The molecular formula is C15H24N2S. The van der Waals surface area contributed by atoms with Crippen LogP contribution in [0.15, 0.2) is 0 Å². The molecule has 100 valence electrons. The zero-order valence-corrected chi connectivity index (χ0v) is 12.6. The van der Waals surface area contributed by atoms with Gasteiger partial charge in [0.25, 0.3) is 0 Å². The second-order valence-corrected chi connectivity index (χ2v) is 7.26. The van der Waals surface area contributed by atoms with Crippen molar-refractivity contribution in [1.29, 1.82) is 0 Å². The lowest BCUT2D eigenvalue weighted by molar-refractivity contribution is 0.237. The normalized spacial score (nSPS) is 23.7. The quantitative estimate of drug-likeness (QED) is 0.878. The number of thiazole rings is 1. The summed E-state index contributed by atoms with van der Waals surface area (Å²) in [6.45, 7) is 7.02. The molecule has 0 amide bonds. The maximum atomic E-state index is 4.97. The minimum Gasteiger partial charge on any atom is -0.303 e. The molecule has 0 saturated heterocycles. The highest BCUT2D eigenvalue weighted by molar-refractivity contribution is 7.12. The highest BCUT2D eigenvalue weighted by Gasteiger charge is 2.40. The molecule has 0 spiro atoms. The molecule has 2 aliphatic rings. The van der Waals surface area contributed by atoms with Crippen molar-refractivity contribution in [2.75, 3.05) is 0 Å². The Labute approximate surface area is 114 Å². The average Bonchev–Trinajstić information content (AvgIpc) is 2.90. The van der Waals surface area contributed by atoms with Crippen LogP contribution in [0.3, 0.4) is 0 Å². The van der Waals surface area contributed by atoms with Crippen molar-refractivity contribution < 1.29 is 0 Å². The minimum absolute atomic E-state index is 0.0882. The first-order chi connectivity index (χ1) is 8.63. The van der Waals surface area contributed by atoms with Gasteiger partial charge in [-0.2, -0.15) is 0 Å². The molecule has 2 nitrogen and oxygen atoms in total. The van der Waals surface area contributed by atoms with Crippen LogP contribution >= 0.6 is 11.3 Å². The standard InChI is InChI=1S/C15H24N2S/c1-4-10(2)15(3,17-11-8-9-11)14-16-12-6-5-7-13(12)18-14/h10-11,17H,4-9H2,1-3H3. The highest BCUT2D eigenvalue weighted by atomic mass is 32.1. The number of aromatic nitrogens is 1. The van der Waals surface area contributed by atoms with Crippen molar-refractivity contribution in [1.82, 2.24) is 10.3 Å². The molecule has 3 rings (SSSR count). The molecule has 1 aromatic heterocycles. The SMILES string of the molecule is CCC(C)C(C)(NC1CC1)c1nc2c(s1)CCC2. The Balaban J connectivity index is 1.90. The fourth-order valence-corrected chi connectivity index (χ4v) is 4.26. The maximum absolute atomic E-state index is 4.97. The van der Waals surface area contributed by atoms with E-state index < -0.39 is 0 Å². The number of fused-ring (bicyclic) bond motifs is 1. The summed E-state index contributed by atoms with van der Waals surface area (Å²) in [5.41, 5.74) is 1.48. The van der Waals surface area contributed by atoms with E-state index in [1.165, 1.54) is 49.2 Å². The Hall–Kier alpha value is -0.410. The number of hydrogen-bond donors (Lipinski definition) is 1. The van der Waals surface area contributed by atoms with E-state index in [0.717, 1.165) is 6.04 Å². The molecule has 1 saturated carbocycles. The summed E-state index contributed by atoms with van der Waals surface area (Å²) in [6, 6.07) is 0.739. The van der Waals surface area contributed by atoms with Crippen LogP contribution in [0, 0.1) is 5.92 Å². The lowest BCUT2D eigenvalue weighted by atomic mass is 9.85. The van der Waals surface area contributed by atoms with E-state index in [1.54, 1.807) is 4.88 Å². The summed E-state index contributed by atoms with van der Waals surface area (Å²) in [6.07, 6.45) is 7.66. The molecule has 2 aliphatic carbocycles. The third kappa shape index (κ3) is 2.12. The van der Waals surface area contributed by atoms with Crippen LogP contribution in [0.5, 0.6) is 0 Å². The van der Waals surface area contributed by atoms with E-state index in [0.29, 0.717) is 5.92 Å². The fourth-order valence-electron chi connectivity index (χ4n) is 2.89. The van der Waals surface area contributed by atoms with Crippen molar-refractivity contribution in [2.45, 2.75) is 70.9 Å². The Morgan fingerprint density at radius 3 is 2.83 bits per heavy atom. The van der Waals surface area contributed by atoms with Crippen LogP contribution in [0.2, 0.25) is 0 Å². The molecule has 0 aliphatic heterocycles. The fraction of sp³-hybridized carbons (Fsp3) is 0.800. The molecule has 1 aromatic rings. The van der Waals surface area contributed by atoms with E-state index in [2.05, 4.69) is 26.1 Å². The van der Waals surface area contributed by atoms with Crippen LogP contribution in [-0.4, -0.2) is 11.0 Å². The molecular weight excluding hydrogens is 240 g/mol. The summed E-state index contributed by atoms with van der Waals surface area (Å²) in [5.74, 6) is 0.643. The molecule has 3 heteroatoms. The predicted octanol–water partition coefficient (Wildman–Crippen LogP) is 3.65. The summed E-state index contributed by atoms with van der Waals surface area (Å²) in [4.78, 5) is 6.52. The largest absolute Gasteiger partial charge is 0.303 e. The monoisotopic (exact) mass is 264 g/mol. The van der Waals surface area contributed by atoms with E-state index in [-0.39, 0.29) is 5.54 Å². The first kappa shape index (κ1) is 12.6. The van der Waals surface area contributed by atoms with Crippen molar-refractivity contribution in [3.8, 4) is 0 Å². The first-order valence-electron chi connectivity index (χ1n) is 7.40. The summed E-state index contributed by atoms with van der Waals surface area (Å²) in [7, 11) is 0. The van der Waals surface area contributed by atoms with Crippen LogP contribution < -0.4 is 5.32 Å². The van der Waals surface area contributed by atoms with Gasteiger partial charge in [-0.05, 0) is 44.9 Å². The van der Waals surface area contributed by atoms with Gasteiger partial charge in [-0.25, -0.2) is 4.98 Å². The Morgan fingerprint density at radius 2 is 2.22 bits per heavy atom. The van der Waals surface area contributed by atoms with Crippen LogP contribution in [0.1, 0.15) is 62.0 Å². The van der Waals surface area contributed by atoms with Gasteiger partial charge >= 0.3 is 0 Å². The van der Waals surface area contributed by atoms with E-state index in [1.807, 2.05) is 11.3 Å². The number of hydrogen-bond acceptors (Lipinski definition) is 3. The molecule has 2 atom stereocenters. The Kier molecular flexibility index (Phi) is 3.23. The Morgan fingerprint density at radius 1 is 1.44 bits per heavy atom. The smallest absolute Gasteiger partial charge is 0.113 e. The molecule has 2 unspecified atom stereocenters. The van der Waals surface area contributed by atoms with Crippen molar-refractivity contribution >= 4 is 11.3 Å². The molecule has 1 fully saturated rings. The average molecular weight is 264 g/mol. The van der Waals surface area contributed by atoms with Crippen molar-refractivity contribution in [3.05, 3.63) is 15.6 Å². The topological polar surface area (TPSA) is 24.9 Å². The van der Waals surface area contributed by atoms with Crippen LogP contribution in [0.4, 0.5) is 0 Å². The van der Waals surface area contributed by atoms with Gasteiger partial charge < -0.3 is 5.32 Å². The third-order valence-corrected chi connectivity index (χ3v) is 6.11. The lowest BCUT2D eigenvalue weighted by Crippen LogP contribution is -2.46. The number of nitrogens with zero attached hydrogens (tertiary/aromatic N) is 1. The molecule has 1 N–H and O–H groups in total. The van der Waals surface area contributed by atoms with Gasteiger partial charge in [0.2, 0.25) is 0 Å². The van der Waals surface area contributed by atoms with Crippen molar-refractivity contribution in [3.63, 3.8) is 0 Å². The maximum Gasteiger partial charge on any atom is 0.113 e. The van der Waals surface area contributed by atoms with Crippen LogP contribution in [-0.2, 0) is 18.4 Å². The number of rotatable bonds is 5. The van der Waals surface area contributed by atoms with Crippen molar-refractivity contribution in [2.24, 2.45) is 5.92 Å². The first-order valence-corrected chi connectivity index (χ1v) is 8.22. The summed E-state index contributed by atoms with van der Waals surface area (Å²) >= 11 is 1.97. The van der Waals surface area contributed by atoms with E-state index in [9.17, 15) is 0 Å². The predicted molar refractivity (Wildman–Crippen MR) is 77.1 cm³/mol. The number of nitrogens with one attached hydrogen (secondary N) is 1. The van der Waals surface area contributed by atoms with Gasteiger partial charge in [0.05, 0.1) is 11.2 Å². The molecule has 0 radical (unpaired) electrons. The van der Waals surface area contributed by atoms with Gasteiger partial charge in [0.15, 0.2) is 0 Å². The third-order valence-electron chi connectivity index (χ3n) is 4.72. The van der Waals surface area contributed by atoms with Gasteiger partial charge in [0, 0.05) is 10.9 Å². The second-order valence-electron chi connectivity index (χ2n) is 6.17. The van der Waals surface area contributed by atoms with E-state index >= 15 is 0 Å². The molecule has 0 aromatic carbocycles. The number of aryl methyl sites for hydroxylation is 2. The van der Waals surface area contributed by atoms with E-state index in [4.69, 9.17) is 4.98 Å². The highest BCUT2D eigenvalue weighted by Crippen LogP contribution is 2.40.